The minimum atomic E-state index is -0.937. The van der Waals surface area contributed by atoms with Crippen LogP contribution in [0.3, 0.4) is 0 Å². The maximum Gasteiger partial charge on any atom is 0.155 e. The van der Waals surface area contributed by atoms with Crippen molar-refractivity contribution in [1.82, 2.24) is 14.6 Å². The minimum Gasteiger partial charge on any atom is -0.382 e. The summed E-state index contributed by atoms with van der Waals surface area (Å²) in [5.74, 6) is 0.209. The summed E-state index contributed by atoms with van der Waals surface area (Å²) in [4.78, 5) is 5.75. The summed E-state index contributed by atoms with van der Waals surface area (Å²) >= 11 is 0. The maximum atomic E-state index is 10.9. The molecule has 0 radical (unpaired) electrons. The fraction of sp³-hybridized carbons (Fsp3) is 0.333. The molecule has 152 valence electrons. The van der Waals surface area contributed by atoms with Gasteiger partial charge < -0.3 is 20.5 Å². The smallest absolute Gasteiger partial charge is 0.155 e. The largest absolute Gasteiger partial charge is 0.382 e. The van der Waals surface area contributed by atoms with Crippen LogP contribution in [0.1, 0.15) is 31.9 Å². The molecular weight excluding hydrogens is 382 g/mol. The zero-order valence-corrected chi connectivity index (χ0v) is 16.9. The van der Waals surface area contributed by atoms with Crippen LogP contribution in [0.25, 0.3) is 16.8 Å². The molecule has 1 unspecified atom stereocenters. The number of rotatable bonds is 2. The molecule has 1 aromatic carbocycles. The van der Waals surface area contributed by atoms with Crippen molar-refractivity contribution in [3.05, 3.63) is 41.7 Å². The van der Waals surface area contributed by atoms with Crippen molar-refractivity contribution in [3.8, 4) is 23.4 Å². The molecule has 9 nitrogen and oxygen atoms in total. The van der Waals surface area contributed by atoms with Crippen molar-refractivity contribution >= 4 is 17.0 Å². The van der Waals surface area contributed by atoms with Crippen molar-refractivity contribution in [2.24, 2.45) is 0 Å². The molecule has 1 fully saturated rings. The lowest BCUT2D eigenvalue weighted by Gasteiger charge is -2.47. The second-order valence-corrected chi connectivity index (χ2v) is 7.86. The number of nitriles is 2. The molecule has 3 N–H and O–H groups in total. The van der Waals surface area contributed by atoms with Gasteiger partial charge in [0.1, 0.15) is 29.6 Å². The van der Waals surface area contributed by atoms with E-state index < -0.39 is 11.8 Å². The molecule has 9 heteroatoms. The second kappa shape index (κ2) is 6.99. The van der Waals surface area contributed by atoms with Crippen LogP contribution < -0.4 is 10.6 Å². The first-order chi connectivity index (χ1) is 14.3. The summed E-state index contributed by atoms with van der Waals surface area (Å²) < 4.78 is 7.43. The average Bonchev–Trinajstić information content (AvgIpc) is 3.10. The number of anilines is 2. The first-order valence-electron chi connectivity index (χ1n) is 9.46. The molecule has 4 rings (SSSR count). The standard InChI is InChI=1S/C21H21N7O2/c1-12-10-27(20(29)21(2,3)30-12)16-6-13(4-5-14(16)8-22)17-7-15(9-23)18-19(24)25-11-26-28(17)18/h4-7,11-12,20,29H,10H2,1-3H3,(H2,24,25,26)/t12-,20?/m0/s1. The molecule has 0 aliphatic carbocycles. The van der Waals surface area contributed by atoms with Crippen molar-refractivity contribution < 1.29 is 9.84 Å². The second-order valence-electron chi connectivity index (χ2n) is 7.86. The molecule has 0 spiro atoms. The van der Waals surface area contributed by atoms with E-state index >= 15 is 0 Å². The molecule has 1 saturated heterocycles. The van der Waals surface area contributed by atoms with Gasteiger partial charge in [-0.2, -0.15) is 15.6 Å². The zero-order valence-electron chi connectivity index (χ0n) is 16.9. The van der Waals surface area contributed by atoms with Gasteiger partial charge in [-0.15, -0.1) is 0 Å². The Balaban J connectivity index is 1.90. The summed E-state index contributed by atoms with van der Waals surface area (Å²) in [7, 11) is 0. The molecule has 1 aliphatic rings. The molecule has 3 aromatic rings. The molecule has 1 aliphatic heterocycles. The number of nitrogens with zero attached hydrogens (tertiary/aromatic N) is 6. The van der Waals surface area contributed by atoms with Gasteiger partial charge in [0.05, 0.1) is 28.6 Å². The van der Waals surface area contributed by atoms with Crippen LogP contribution in [0.4, 0.5) is 11.5 Å². The lowest BCUT2D eigenvalue weighted by Crippen LogP contribution is -2.59. The Morgan fingerprint density at radius 1 is 1.23 bits per heavy atom. The predicted molar refractivity (Wildman–Crippen MR) is 110 cm³/mol. The van der Waals surface area contributed by atoms with Gasteiger partial charge in [-0.25, -0.2) is 9.50 Å². The van der Waals surface area contributed by atoms with Gasteiger partial charge in [-0.05, 0) is 39.0 Å². The monoisotopic (exact) mass is 403 g/mol. The fourth-order valence-electron chi connectivity index (χ4n) is 3.98. The summed E-state index contributed by atoms with van der Waals surface area (Å²) in [5.41, 5.74) is 8.31. The Morgan fingerprint density at radius 2 is 1.97 bits per heavy atom. The lowest BCUT2D eigenvalue weighted by atomic mass is 9.99. The molecule has 2 atom stereocenters. The number of hydrogen-bond acceptors (Lipinski definition) is 8. The fourth-order valence-corrected chi connectivity index (χ4v) is 3.98. The summed E-state index contributed by atoms with van der Waals surface area (Å²) in [5, 5.41) is 34.3. The number of ether oxygens (including phenoxy) is 1. The summed E-state index contributed by atoms with van der Waals surface area (Å²) in [6, 6.07) is 11.3. The number of nitrogens with two attached hydrogens (primary N) is 1. The van der Waals surface area contributed by atoms with E-state index in [9.17, 15) is 15.6 Å². The first kappa shape index (κ1) is 19.6. The number of benzene rings is 1. The van der Waals surface area contributed by atoms with Gasteiger partial charge in [0.25, 0.3) is 0 Å². The Labute approximate surface area is 173 Å². The highest BCUT2D eigenvalue weighted by atomic mass is 16.5. The first-order valence-corrected chi connectivity index (χ1v) is 9.46. The van der Waals surface area contributed by atoms with Gasteiger partial charge in [-0.1, -0.05) is 6.07 Å². The Kier molecular flexibility index (Phi) is 4.58. The summed E-state index contributed by atoms with van der Waals surface area (Å²) in [6.45, 7) is 5.98. The van der Waals surface area contributed by atoms with E-state index in [1.807, 2.05) is 26.8 Å². The Bertz CT molecular complexity index is 1220. The molecule has 0 saturated carbocycles. The van der Waals surface area contributed by atoms with Crippen LogP contribution in [-0.2, 0) is 4.74 Å². The third-order valence-electron chi connectivity index (χ3n) is 5.30. The third kappa shape index (κ3) is 3.01. The van der Waals surface area contributed by atoms with Crippen molar-refractivity contribution in [3.63, 3.8) is 0 Å². The quantitative estimate of drug-likeness (QED) is 0.663. The molecule has 0 bridgehead atoms. The van der Waals surface area contributed by atoms with Crippen LogP contribution in [0.15, 0.2) is 30.6 Å². The molecule has 2 aromatic heterocycles. The van der Waals surface area contributed by atoms with Crippen molar-refractivity contribution in [2.75, 3.05) is 17.2 Å². The number of fused-ring (bicyclic) bond motifs is 1. The number of morpholine rings is 1. The molecular formula is C21H21N7O2. The summed E-state index contributed by atoms with van der Waals surface area (Å²) in [6.07, 6.45) is 0.256. The molecule has 30 heavy (non-hydrogen) atoms. The van der Waals surface area contributed by atoms with E-state index in [0.29, 0.717) is 34.6 Å². The van der Waals surface area contributed by atoms with E-state index in [1.165, 1.54) is 6.33 Å². The van der Waals surface area contributed by atoms with Gasteiger partial charge in [0.15, 0.2) is 12.0 Å². The Hall–Kier alpha value is -3.66. The highest BCUT2D eigenvalue weighted by Crippen LogP contribution is 2.36. The number of nitrogen functional groups attached to an aromatic ring is 1. The van der Waals surface area contributed by atoms with Crippen molar-refractivity contribution in [2.45, 2.75) is 38.7 Å². The van der Waals surface area contributed by atoms with Gasteiger partial charge in [0, 0.05) is 12.1 Å². The van der Waals surface area contributed by atoms with Gasteiger partial charge in [0.2, 0.25) is 0 Å². The van der Waals surface area contributed by atoms with Crippen LogP contribution in [0, 0.1) is 22.7 Å². The van der Waals surface area contributed by atoms with Crippen LogP contribution in [0.5, 0.6) is 0 Å². The van der Waals surface area contributed by atoms with E-state index in [0.717, 1.165) is 5.56 Å². The maximum absolute atomic E-state index is 10.9. The average molecular weight is 403 g/mol. The normalized spacial score (nSPS) is 20.7. The number of aliphatic hydroxyl groups is 1. The highest BCUT2D eigenvalue weighted by molar-refractivity contribution is 5.82. The highest BCUT2D eigenvalue weighted by Gasteiger charge is 2.41. The van der Waals surface area contributed by atoms with E-state index in [-0.39, 0.29) is 11.9 Å². The van der Waals surface area contributed by atoms with Crippen LogP contribution in [-0.4, -0.2) is 44.2 Å². The lowest BCUT2D eigenvalue weighted by molar-refractivity contribution is -0.154. The van der Waals surface area contributed by atoms with Gasteiger partial charge in [-0.3, -0.25) is 0 Å². The van der Waals surface area contributed by atoms with Crippen LogP contribution >= 0.6 is 0 Å². The Morgan fingerprint density at radius 3 is 2.67 bits per heavy atom. The molecule has 0 amide bonds. The minimum absolute atomic E-state index is 0.134. The number of aliphatic hydroxyl groups excluding tert-OH is 1. The van der Waals surface area contributed by atoms with Crippen molar-refractivity contribution in [1.29, 1.82) is 10.5 Å². The number of aromatic nitrogens is 3. The van der Waals surface area contributed by atoms with E-state index in [1.54, 1.807) is 27.6 Å². The third-order valence-corrected chi connectivity index (χ3v) is 5.30. The predicted octanol–water partition coefficient (Wildman–Crippen LogP) is 2.04. The SMILES string of the molecule is C[C@H]1CN(c2cc(-c3cc(C#N)c4c(N)ncnn34)ccc2C#N)C(O)C(C)(C)O1. The number of hydrogen-bond donors (Lipinski definition) is 2. The topological polar surface area (TPSA) is 136 Å². The van der Waals surface area contributed by atoms with Crippen LogP contribution in [0.2, 0.25) is 0 Å². The van der Waals surface area contributed by atoms with E-state index in [4.69, 9.17) is 10.5 Å². The molecule has 3 heterocycles. The van der Waals surface area contributed by atoms with E-state index in [2.05, 4.69) is 22.2 Å². The van der Waals surface area contributed by atoms with Gasteiger partial charge >= 0.3 is 0 Å². The zero-order chi connectivity index (χ0) is 21.6.